The van der Waals surface area contributed by atoms with E-state index in [1.165, 1.54) is 12.8 Å². The highest BCUT2D eigenvalue weighted by Crippen LogP contribution is 2.47. The van der Waals surface area contributed by atoms with Gasteiger partial charge in [-0.1, -0.05) is 0 Å². The molecule has 0 aromatic carbocycles. The third-order valence-electron chi connectivity index (χ3n) is 2.95. The first-order valence-corrected chi connectivity index (χ1v) is 7.28. The highest BCUT2D eigenvalue weighted by molar-refractivity contribution is 8.00. The summed E-state index contributed by atoms with van der Waals surface area (Å²) < 4.78 is 6.17. The molecule has 1 N–H and O–H groups in total. The molecule has 0 bridgehead atoms. The minimum Gasteiger partial charge on any atom is -0.487 e. The van der Waals surface area contributed by atoms with E-state index in [9.17, 15) is 0 Å². The van der Waals surface area contributed by atoms with Crippen molar-refractivity contribution >= 4 is 17.6 Å². The minimum atomic E-state index is 0.176. The van der Waals surface area contributed by atoms with E-state index in [0.717, 1.165) is 18.1 Å². The van der Waals surface area contributed by atoms with Crippen LogP contribution in [0, 0.1) is 0 Å². The summed E-state index contributed by atoms with van der Waals surface area (Å²) in [5.41, 5.74) is 0. The zero-order chi connectivity index (χ0) is 12.3. The highest BCUT2D eigenvalue weighted by Gasteiger charge is 2.41. The molecule has 0 unspecified atom stereocenters. The number of ether oxygens (including phenoxy) is 1. The molecule has 0 spiro atoms. The van der Waals surface area contributed by atoms with Gasteiger partial charge in [0.1, 0.15) is 0 Å². The Hall–Kier alpha value is -0.900. The number of rotatable bonds is 6. The second kappa shape index (κ2) is 5.17. The fourth-order valence-electron chi connectivity index (χ4n) is 1.71. The third kappa shape index (κ3) is 3.28. The van der Waals surface area contributed by atoms with Crippen molar-refractivity contribution in [3.8, 4) is 5.75 Å². The van der Waals surface area contributed by atoms with Crippen LogP contribution in [0.25, 0.3) is 0 Å². The molecule has 1 aromatic rings. The van der Waals surface area contributed by atoms with Crippen molar-refractivity contribution in [3.05, 3.63) is 18.3 Å². The maximum Gasteiger partial charge on any atom is 0.168 e. The van der Waals surface area contributed by atoms with Crippen LogP contribution >= 0.6 is 11.8 Å². The summed E-state index contributed by atoms with van der Waals surface area (Å²) in [7, 11) is 0. The van der Waals surface area contributed by atoms with Gasteiger partial charge in [-0.25, -0.2) is 4.98 Å². The predicted octanol–water partition coefficient (Wildman–Crippen LogP) is 3.18. The van der Waals surface area contributed by atoms with Crippen LogP contribution in [-0.4, -0.2) is 28.6 Å². The van der Waals surface area contributed by atoms with Gasteiger partial charge in [-0.05, 0) is 45.1 Å². The molecule has 1 saturated carbocycles. The van der Waals surface area contributed by atoms with Crippen molar-refractivity contribution < 1.29 is 4.74 Å². The number of hydrogen-bond donors (Lipinski definition) is 1. The number of hydrogen-bond acceptors (Lipinski definition) is 4. The summed E-state index contributed by atoms with van der Waals surface area (Å²) in [6.45, 7) is 5.03. The fraction of sp³-hybridized carbons (Fsp3) is 0.615. The lowest BCUT2D eigenvalue weighted by Gasteiger charge is -2.17. The quantitative estimate of drug-likeness (QED) is 0.843. The Kier molecular flexibility index (Phi) is 3.82. The van der Waals surface area contributed by atoms with Gasteiger partial charge in [0.05, 0.1) is 6.10 Å². The molecule has 1 aromatic heterocycles. The van der Waals surface area contributed by atoms with Crippen LogP contribution in [0.2, 0.25) is 0 Å². The lowest BCUT2D eigenvalue weighted by molar-refractivity contribution is 0.243. The largest absolute Gasteiger partial charge is 0.487 e. The summed E-state index contributed by atoms with van der Waals surface area (Å²) in [5.74, 6) is 1.71. The number of aromatic nitrogens is 1. The minimum absolute atomic E-state index is 0.176. The Morgan fingerprint density at radius 1 is 1.53 bits per heavy atom. The van der Waals surface area contributed by atoms with Crippen molar-refractivity contribution in [1.82, 2.24) is 4.98 Å². The Morgan fingerprint density at radius 3 is 2.88 bits per heavy atom. The van der Waals surface area contributed by atoms with Gasteiger partial charge >= 0.3 is 0 Å². The molecule has 2 rings (SSSR count). The molecule has 1 heterocycles. The Morgan fingerprint density at radius 2 is 2.29 bits per heavy atom. The summed E-state index contributed by atoms with van der Waals surface area (Å²) in [6.07, 6.45) is 6.76. The molecule has 0 aliphatic heterocycles. The Labute approximate surface area is 107 Å². The third-order valence-corrected chi connectivity index (χ3v) is 4.37. The van der Waals surface area contributed by atoms with E-state index in [2.05, 4.69) is 16.6 Å². The second-order valence-electron chi connectivity index (χ2n) is 4.76. The van der Waals surface area contributed by atoms with E-state index < -0.39 is 0 Å². The maximum atomic E-state index is 5.73. The van der Waals surface area contributed by atoms with Gasteiger partial charge in [0, 0.05) is 17.5 Å². The van der Waals surface area contributed by atoms with Gasteiger partial charge in [0.2, 0.25) is 0 Å². The van der Waals surface area contributed by atoms with E-state index >= 15 is 0 Å². The lowest BCUT2D eigenvalue weighted by Crippen LogP contribution is -2.19. The van der Waals surface area contributed by atoms with Crippen LogP contribution < -0.4 is 10.1 Å². The van der Waals surface area contributed by atoms with Crippen LogP contribution in [0.15, 0.2) is 18.3 Å². The topological polar surface area (TPSA) is 34.2 Å². The normalized spacial score (nSPS) is 16.9. The summed E-state index contributed by atoms with van der Waals surface area (Å²) in [4.78, 5) is 4.35. The Bertz CT molecular complexity index is 377. The van der Waals surface area contributed by atoms with Gasteiger partial charge in [-0.2, -0.15) is 11.8 Å². The summed E-state index contributed by atoms with van der Waals surface area (Å²) >= 11 is 1.95. The molecule has 3 nitrogen and oxygen atoms in total. The molecule has 0 amide bonds. The lowest BCUT2D eigenvalue weighted by atomic mass is 10.3. The molecule has 0 radical (unpaired) electrons. The highest BCUT2D eigenvalue weighted by atomic mass is 32.2. The molecule has 1 aliphatic rings. The molecular formula is C13H20N2OS. The van der Waals surface area contributed by atoms with E-state index in [-0.39, 0.29) is 6.10 Å². The van der Waals surface area contributed by atoms with Crippen molar-refractivity contribution in [2.45, 2.75) is 37.5 Å². The first-order chi connectivity index (χ1) is 8.15. The monoisotopic (exact) mass is 252 g/mol. The smallest absolute Gasteiger partial charge is 0.168 e. The van der Waals surface area contributed by atoms with Gasteiger partial charge in [0.25, 0.3) is 0 Å². The van der Waals surface area contributed by atoms with Crippen LogP contribution in [-0.2, 0) is 0 Å². The van der Waals surface area contributed by atoms with Gasteiger partial charge < -0.3 is 10.1 Å². The molecule has 1 fully saturated rings. The predicted molar refractivity (Wildman–Crippen MR) is 74.0 cm³/mol. The average molecular weight is 252 g/mol. The first-order valence-electron chi connectivity index (χ1n) is 6.06. The van der Waals surface area contributed by atoms with E-state index in [1.807, 2.05) is 37.7 Å². The maximum absolute atomic E-state index is 5.73. The van der Waals surface area contributed by atoms with Crippen LogP contribution in [0.5, 0.6) is 5.75 Å². The standard InChI is InChI=1S/C13H20N2OS/c1-10(2)16-11-5-4-8-14-12(11)15-9-13(17-3)6-7-13/h4-5,8,10H,6-7,9H2,1-3H3,(H,14,15). The average Bonchev–Trinajstić information content (AvgIpc) is 3.08. The molecule has 1 aliphatic carbocycles. The Balaban J connectivity index is 1.99. The SMILES string of the molecule is CSC1(CNc2ncccc2OC(C)C)CC1. The molecule has 4 heteroatoms. The summed E-state index contributed by atoms with van der Waals surface area (Å²) in [5, 5.41) is 3.42. The van der Waals surface area contributed by atoms with Crippen LogP contribution in [0.1, 0.15) is 26.7 Å². The molecule has 94 valence electrons. The molecule has 17 heavy (non-hydrogen) atoms. The number of thioether (sulfide) groups is 1. The van der Waals surface area contributed by atoms with Crippen molar-refractivity contribution in [2.75, 3.05) is 18.1 Å². The van der Waals surface area contributed by atoms with Crippen LogP contribution in [0.3, 0.4) is 0 Å². The van der Waals surface area contributed by atoms with E-state index in [4.69, 9.17) is 4.74 Å². The van der Waals surface area contributed by atoms with E-state index in [0.29, 0.717) is 4.75 Å². The number of nitrogens with one attached hydrogen (secondary N) is 1. The number of pyridine rings is 1. The fourth-order valence-corrected chi connectivity index (χ4v) is 2.44. The van der Waals surface area contributed by atoms with Crippen LogP contribution in [0.4, 0.5) is 5.82 Å². The molecule has 0 saturated heterocycles. The zero-order valence-corrected chi connectivity index (χ0v) is 11.5. The van der Waals surface area contributed by atoms with Crippen molar-refractivity contribution in [2.24, 2.45) is 0 Å². The van der Waals surface area contributed by atoms with Gasteiger partial charge in [-0.15, -0.1) is 0 Å². The van der Waals surface area contributed by atoms with Gasteiger partial charge in [0.15, 0.2) is 11.6 Å². The molecule has 0 atom stereocenters. The first kappa shape index (κ1) is 12.6. The number of anilines is 1. The molecular weight excluding hydrogens is 232 g/mol. The van der Waals surface area contributed by atoms with E-state index in [1.54, 1.807) is 6.20 Å². The second-order valence-corrected chi connectivity index (χ2v) is 6.03. The van der Waals surface area contributed by atoms with Gasteiger partial charge in [-0.3, -0.25) is 0 Å². The van der Waals surface area contributed by atoms with Crippen molar-refractivity contribution in [3.63, 3.8) is 0 Å². The number of nitrogens with zero attached hydrogens (tertiary/aromatic N) is 1. The zero-order valence-electron chi connectivity index (χ0n) is 10.7. The summed E-state index contributed by atoms with van der Waals surface area (Å²) in [6, 6.07) is 3.87. The van der Waals surface area contributed by atoms with Crippen molar-refractivity contribution in [1.29, 1.82) is 0 Å².